The van der Waals surface area contributed by atoms with Crippen LogP contribution in [0.5, 0.6) is 0 Å². The second-order valence-corrected chi connectivity index (χ2v) is 2.42. The van der Waals surface area contributed by atoms with E-state index in [4.69, 9.17) is 0 Å². The van der Waals surface area contributed by atoms with E-state index in [2.05, 4.69) is 10.3 Å². The number of carbonyl (C=O) groups is 1. The maximum Gasteiger partial charge on any atom is 0.305 e. The topological polar surface area (TPSA) is 81.5 Å². The van der Waals surface area contributed by atoms with Gasteiger partial charge in [0.2, 0.25) is 0 Å². The molecular weight excluding hydrogens is 188 g/mol. The Morgan fingerprint density at radius 2 is 2.29 bits per heavy atom. The molecule has 0 aliphatic carbocycles. The van der Waals surface area contributed by atoms with Crippen LogP contribution in [-0.4, -0.2) is 18.3 Å². The summed E-state index contributed by atoms with van der Waals surface area (Å²) < 4.78 is 0. The summed E-state index contributed by atoms with van der Waals surface area (Å²) >= 11 is 0. The molecule has 1 aromatic carbocycles. The first kappa shape index (κ1) is 10.1. The molecule has 0 amide bonds. The number of hydrogen-bond acceptors (Lipinski definition) is 5. The van der Waals surface area contributed by atoms with Crippen LogP contribution in [0, 0.1) is 10.1 Å². The minimum absolute atomic E-state index is 0.0112. The molecule has 0 fully saturated rings. The zero-order chi connectivity index (χ0) is 10.6. The minimum Gasteiger partial charge on any atom is -0.298 e. The molecule has 0 saturated carbocycles. The van der Waals surface area contributed by atoms with E-state index in [0.29, 0.717) is 6.29 Å². The lowest BCUT2D eigenvalue weighted by atomic mass is 10.2. The highest BCUT2D eigenvalue weighted by Gasteiger charge is 2.18. The van der Waals surface area contributed by atoms with Gasteiger partial charge in [0.25, 0.3) is 0 Å². The molecule has 0 bridgehead atoms. The summed E-state index contributed by atoms with van der Waals surface area (Å²) in [6, 6.07) is 4.35. The number of nitro groups is 1. The van der Waals surface area contributed by atoms with E-state index in [0.717, 1.165) is 0 Å². The lowest BCUT2D eigenvalue weighted by molar-refractivity contribution is -0.384. The van der Waals surface area contributed by atoms with E-state index in [-0.39, 0.29) is 16.9 Å². The average molecular weight is 196 g/mol. The van der Waals surface area contributed by atoms with Gasteiger partial charge in [0.15, 0.2) is 6.29 Å². The third kappa shape index (κ3) is 1.86. The fraction of sp³-hybridized carbons (Fsp3) is 0.125. The van der Waals surface area contributed by atoms with Crippen molar-refractivity contribution < 1.29 is 14.6 Å². The summed E-state index contributed by atoms with van der Waals surface area (Å²) in [5.41, 5.74) is 2.21. The lowest BCUT2D eigenvalue weighted by Crippen LogP contribution is -2.02. The van der Waals surface area contributed by atoms with Crippen molar-refractivity contribution in [3.05, 3.63) is 33.9 Å². The molecule has 0 aliphatic heterocycles. The van der Waals surface area contributed by atoms with Gasteiger partial charge in [-0.3, -0.25) is 25.2 Å². The quantitative estimate of drug-likeness (QED) is 0.447. The number of benzene rings is 1. The number of anilines is 1. The van der Waals surface area contributed by atoms with Crippen LogP contribution in [0.25, 0.3) is 0 Å². The van der Waals surface area contributed by atoms with Gasteiger partial charge in [-0.05, 0) is 12.1 Å². The molecular formula is C8H8N2O4. The van der Waals surface area contributed by atoms with Crippen LogP contribution in [0.15, 0.2) is 18.2 Å². The molecule has 0 aliphatic rings. The average Bonchev–Trinajstić information content (AvgIpc) is 2.17. The Morgan fingerprint density at radius 3 is 2.79 bits per heavy atom. The van der Waals surface area contributed by atoms with Gasteiger partial charge in [0, 0.05) is 0 Å². The van der Waals surface area contributed by atoms with Crippen molar-refractivity contribution in [1.82, 2.24) is 0 Å². The molecule has 0 aromatic heterocycles. The smallest absolute Gasteiger partial charge is 0.298 e. The van der Waals surface area contributed by atoms with Crippen LogP contribution in [-0.2, 0) is 4.84 Å². The molecule has 1 rings (SSSR count). The standard InChI is InChI=1S/C8H8N2O4/c1-14-9-7-4-2-3-6(5-11)8(7)10(12)13/h2-5,9H,1H3. The lowest BCUT2D eigenvalue weighted by Gasteiger charge is -2.04. The number of nitrogens with zero attached hydrogens (tertiary/aromatic N) is 1. The first-order valence-electron chi connectivity index (χ1n) is 3.72. The molecule has 0 saturated heterocycles. The summed E-state index contributed by atoms with van der Waals surface area (Å²) in [4.78, 5) is 25.1. The molecule has 0 radical (unpaired) electrons. The molecule has 0 spiro atoms. The van der Waals surface area contributed by atoms with Crippen LogP contribution in [0.2, 0.25) is 0 Å². The molecule has 6 nitrogen and oxygen atoms in total. The van der Waals surface area contributed by atoms with Gasteiger partial charge in [-0.2, -0.15) is 0 Å². The van der Waals surface area contributed by atoms with Crippen molar-refractivity contribution in [2.24, 2.45) is 0 Å². The Bertz CT molecular complexity index is 364. The van der Waals surface area contributed by atoms with E-state index in [1.807, 2.05) is 0 Å². The number of carbonyl (C=O) groups excluding carboxylic acids is 1. The molecule has 0 unspecified atom stereocenters. The number of hydrogen-bond donors (Lipinski definition) is 1. The monoisotopic (exact) mass is 196 g/mol. The maximum absolute atomic E-state index is 10.6. The van der Waals surface area contributed by atoms with Crippen LogP contribution < -0.4 is 5.48 Å². The van der Waals surface area contributed by atoms with Crippen LogP contribution >= 0.6 is 0 Å². The Labute approximate surface area is 79.6 Å². The summed E-state index contributed by atoms with van der Waals surface area (Å²) in [6.45, 7) is 0. The second-order valence-electron chi connectivity index (χ2n) is 2.42. The Hall–Kier alpha value is -1.95. The SMILES string of the molecule is CONc1cccc(C=O)c1[N+](=O)[O-]. The van der Waals surface area contributed by atoms with Crippen molar-refractivity contribution in [3.8, 4) is 0 Å². The van der Waals surface area contributed by atoms with Crippen molar-refractivity contribution in [3.63, 3.8) is 0 Å². The Morgan fingerprint density at radius 1 is 1.57 bits per heavy atom. The first-order valence-corrected chi connectivity index (χ1v) is 3.72. The molecule has 14 heavy (non-hydrogen) atoms. The summed E-state index contributed by atoms with van der Waals surface area (Å²) in [5.74, 6) is 0. The third-order valence-electron chi connectivity index (χ3n) is 1.59. The summed E-state index contributed by atoms with van der Waals surface area (Å²) in [7, 11) is 1.33. The maximum atomic E-state index is 10.6. The third-order valence-corrected chi connectivity index (χ3v) is 1.59. The highest BCUT2D eigenvalue weighted by atomic mass is 16.6. The van der Waals surface area contributed by atoms with E-state index in [1.165, 1.54) is 25.3 Å². The summed E-state index contributed by atoms with van der Waals surface area (Å²) in [5, 5.41) is 10.6. The first-order chi connectivity index (χ1) is 6.70. The molecule has 74 valence electrons. The number of nitrogens with one attached hydrogen (secondary N) is 1. The molecule has 1 aromatic rings. The zero-order valence-electron chi connectivity index (χ0n) is 7.39. The highest BCUT2D eigenvalue weighted by molar-refractivity contribution is 5.86. The van der Waals surface area contributed by atoms with Crippen LogP contribution in [0.4, 0.5) is 11.4 Å². The molecule has 0 heterocycles. The van der Waals surface area contributed by atoms with E-state index < -0.39 is 4.92 Å². The fourth-order valence-electron chi connectivity index (χ4n) is 1.05. The zero-order valence-corrected chi connectivity index (χ0v) is 7.39. The van der Waals surface area contributed by atoms with E-state index in [1.54, 1.807) is 0 Å². The predicted molar refractivity (Wildman–Crippen MR) is 49.1 cm³/mol. The molecule has 6 heteroatoms. The van der Waals surface area contributed by atoms with Gasteiger partial charge in [-0.25, -0.2) is 0 Å². The van der Waals surface area contributed by atoms with Gasteiger partial charge in [0.1, 0.15) is 5.69 Å². The minimum atomic E-state index is -0.634. The highest BCUT2D eigenvalue weighted by Crippen LogP contribution is 2.27. The van der Waals surface area contributed by atoms with Crippen molar-refractivity contribution in [1.29, 1.82) is 0 Å². The van der Waals surface area contributed by atoms with Crippen molar-refractivity contribution >= 4 is 17.7 Å². The van der Waals surface area contributed by atoms with Gasteiger partial charge in [-0.15, -0.1) is 0 Å². The Kier molecular flexibility index (Phi) is 3.14. The predicted octanol–water partition coefficient (Wildman–Crippen LogP) is 1.38. The number of para-hydroxylation sites is 1. The second kappa shape index (κ2) is 4.33. The van der Waals surface area contributed by atoms with Crippen LogP contribution in [0.3, 0.4) is 0 Å². The van der Waals surface area contributed by atoms with Gasteiger partial charge >= 0.3 is 5.69 Å². The summed E-state index contributed by atoms with van der Waals surface area (Å²) in [6.07, 6.45) is 0.430. The van der Waals surface area contributed by atoms with Crippen LogP contribution in [0.1, 0.15) is 10.4 Å². The number of aldehydes is 1. The molecule has 0 atom stereocenters. The normalized spacial score (nSPS) is 9.50. The Balaban J connectivity index is 3.27. The largest absolute Gasteiger partial charge is 0.305 e. The van der Waals surface area contributed by atoms with E-state index in [9.17, 15) is 14.9 Å². The van der Waals surface area contributed by atoms with Gasteiger partial charge < -0.3 is 0 Å². The van der Waals surface area contributed by atoms with E-state index >= 15 is 0 Å². The van der Waals surface area contributed by atoms with Gasteiger partial charge in [0.05, 0.1) is 17.6 Å². The van der Waals surface area contributed by atoms with Gasteiger partial charge in [-0.1, -0.05) is 6.07 Å². The van der Waals surface area contributed by atoms with Crippen molar-refractivity contribution in [2.45, 2.75) is 0 Å². The fourth-order valence-corrected chi connectivity index (χ4v) is 1.05. The number of nitro benzene ring substituents is 1. The van der Waals surface area contributed by atoms with Crippen molar-refractivity contribution in [2.75, 3.05) is 12.6 Å². The molecule has 1 N–H and O–H groups in total. The number of rotatable bonds is 4.